The largest absolute Gasteiger partial charge is 0.303 e. The molecule has 0 aromatic carbocycles. The van der Waals surface area contributed by atoms with E-state index in [4.69, 9.17) is 0 Å². The Hall–Kier alpha value is -0.150. The minimum Gasteiger partial charge on any atom is -0.303 e. The van der Waals surface area contributed by atoms with Crippen LogP contribution in [0.3, 0.4) is 0 Å². The van der Waals surface area contributed by atoms with Crippen molar-refractivity contribution < 1.29 is 4.39 Å². The van der Waals surface area contributed by atoms with Crippen LogP contribution in [-0.2, 0) is 0 Å². The van der Waals surface area contributed by atoms with E-state index in [-0.39, 0.29) is 0 Å². The van der Waals surface area contributed by atoms with Gasteiger partial charge >= 0.3 is 0 Å². The molecule has 16 heavy (non-hydrogen) atoms. The van der Waals surface area contributed by atoms with Gasteiger partial charge in [-0.1, -0.05) is 0 Å². The first-order valence-electron chi connectivity index (χ1n) is 6.70. The highest BCUT2D eigenvalue weighted by atomic mass is 19.1. The van der Waals surface area contributed by atoms with Crippen LogP contribution in [0.2, 0.25) is 0 Å². The summed E-state index contributed by atoms with van der Waals surface area (Å²) in [6.07, 6.45) is 5.34. The summed E-state index contributed by atoms with van der Waals surface area (Å²) in [6, 6.07) is 0. The van der Waals surface area contributed by atoms with E-state index in [2.05, 4.69) is 16.8 Å². The van der Waals surface area contributed by atoms with E-state index in [1.807, 2.05) is 0 Å². The fourth-order valence-corrected chi connectivity index (χ4v) is 3.26. The SMILES string of the molecule is CC(F)CCN1CCC2(CCCN2C)CC1. The van der Waals surface area contributed by atoms with Crippen molar-refractivity contribution in [2.75, 3.05) is 33.2 Å². The van der Waals surface area contributed by atoms with Gasteiger partial charge in [-0.25, -0.2) is 4.39 Å². The second-order valence-electron chi connectivity index (χ2n) is 5.66. The van der Waals surface area contributed by atoms with Gasteiger partial charge in [0, 0.05) is 12.1 Å². The minimum atomic E-state index is -0.648. The summed E-state index contributed by atoms with van der Waals surface area (Å²) in [5, 5.41) is 0. The van der Waals surface area contributed by atoms with E-state index in [1.54, 1.807) is 6.92 Å². The summed E-state index contributed by atoms with van der Waals surface area (Å²) in [4.78, 5) is 5.00. The smallest absolute Gasteiger partial charge is 0.0985 e. The number of halogens is 1. The maximum atomic E-state index is 12.8. The Morgan fingerprint density at radius 2 is 1.88 bits per heavy atom. The zero-order chi connectivity index (χ0) is 11.6. The molecular formula is C13H25FN2. The van der Waals surface area contributed by atoms with Crippen LogP contribution in [0.4, 0.5) is 4.39 Å². The van der Waals surface area contributed by atoms with Crippen molar-refractivity contribution in [1.29, 1.82) is 0 Å². The van der Waals surface area contributed by atoms with Crippen molar-refractivity contribution in [3.8, 4) is 0 Å². The Bertz CT molecular complexity index is 222. The van der Waals surface area contributed by atoms with Gasteiger partial charge in [-0.15, -0.1) is 0 Å². The van der Waals surface area contributed by atoms with Crippen LogP contribution < -0.4 is 0 Å². The lowest BCUT2D eigenvalue weighted by atomic mass is 9.85. The number of hydrogen-bond donors (Lipinski definition) is 0. The molecule has 1 unspecified atom stereocenters. The summed E-state index contributed by atoms with van der Waals surface area (Å²) < 4.78 is 12.8. The van der Waals surface area contributed by atoms with Gasteiger partial charge in [0.2, 0.25) is 0 Å². The number of nitrogens with zero attached hydrogens (tertiary/aromatic N) is 2. The van der Waals surface area contributed by atoms with Crippen LogP contribution >= 0.6 is 0 Å². The first-order valence-corrected chi connectivity index (χ1v) is 6.70. The predicted molar refractivity (Wildman–Crippen MR) is 65.5 cm³/mol. The molecule has 2 aliphatic rings. The molecular weight excluding hydrogens is 203 g/mol. The third-order valence-corrected chi connectivity index (χ3v) is 4.58. The molecule has 1 atom stereocenters. The van der Waals surface area contributed by atoms with Crippen molar-refractivity contribution in [1.82, 2.24) is 9.80 Å². The maximum absolute atomic E-state index is 12.8. The monoisotopic (exact) mass is 228 g/mol. The minimum absolute atomic E-state index is 0.498. The van der Waals surface area contributed by atoms with Crippen LogP contribution in [0.1, 0.15) is 39.0 Å². The number of piperidine rings is 1. The van der Waals surface area contributed by atoms with E-state index in [0.29, 0.717) is 12.0 Å². The lowest BCUT2D eigenvalue weighted by Gasteiger charge is -2.43. The van der Waals surface area contributed by atoms with Crippen molar-refractivity contribution in [2.45, 2.75) is 50.7 Å². The fraction of sp³-hybridized carbons (Fsp3) is 1.00. The molecule has 2 saturated heterocycles. The molecule has 2 aliphatic heterocycles. The van der Waals surface area contributed by atoms with E-state index < -0.39 is 6.17 Å². The van der Waals surface area contributed by atoms with Gasteiger partial charge in [-0.3, -0.25) is 0 Å². The van der Waals surface area contributed by atoms with Gasteiger partial charge in [-0.2, -0.15) is 0 Å². The van der Waals surface area contributed by atoms with Gasteiger partial charge < -0.3 is 9.80 Å². The molecule has 2 heterocycles. The summed E-state index contributed by atoms with van der Waals surface area (Å²) in [7, 11) is 2.27. The average molecular weight is 228 g/mol. The highest BCUT2D eigenvalue weighted by molar-refractivity contribution is 4.97. The van der Waals surface area contributed by atoms with Crippen molar-refractivity contribution in [3.63, 3.8) is 0 Å². The van der Waals surface area contributed by atoms with E-state index in [1.165, 1.54) is 32.2 Å². The van der Waals surface area contributed by atoms with Gasteiger partial charge in [0.15, 0.2) is 0 Å². The maximum Gasteiger partial charge on any atom is 0.0985 e. The Kier molecular flexibility index (Phi) is 3.85. The summed E-state index contributed by atoms with van der Waals surface area (Å²) >= 11 is 0. The summed E-state index contributed by atoms with van der Waals surface area (Å²) in [5.41, 5.74) is 0.498. The zero-order valence-corrected chi connectivity index (χ0v) is 10.7. The first kappa shape index (κ1) is 12.3. The number of hydrogen-bond acceptors (Lipinski definition) is 2. The summed E-state index contributed by atoms with van der Waals surface area (Å²) in [5.74, 6) is 0. The normalized spacial score (nSPS) is 28.7. The zero-order valence-electron chi connectivity index (χ0n) is 10.7. The van der Waals surface area contributed by atoms with Crippen molar-refractivity contribution >= 4 is 0 Å². The van der Waals surface area contributed by atoms with Crippen LogP contribution in [0.15, 0.2) is 0 Å². The molecule has 0 aromatic rings. The first-order chi connectivity index (χ1) is 7.62. The Morgan fingerprint density at radius 3 is 2.38 bits per heavy atom. The fourth-order valence-electron chi connectivity index (χ4n) is 3.26. The van der Waals surface area contributed by atoms with Gasteiger partial charge in [0.05, 0.1) is 6.17 Å². The molecule has 3 heteroatoms. The molecule has 0 N–H and O–H groups in total. The molecule has 0 aliphatic carbocycles. The van der Waals surface area contributed by atoms with Crippen molar-refractivity contribution in [3.05, 3.63) is 0 Å². The van der Waals surface area contributed by atoms with E-state index >= 15 is 0 Å². The highest BCUT2D eigenvalue weighted by Gasteiger charge is 2.40. The standard InChI is InChI=1S/C13H25FN2/c1-12(14)4-9-16-10-6-13(7-11-16)5-3-8-15(13)2/h12H,3-11H2,1-2H3. The molecule has 2 fully saturated rings. The van der Waals surface area contributed by atoms with Crippen LogP contribution in [-0.4, -0.2) is 54.7 Å². The predicted octanol–water partition coefficient (Wildman–Crippen LogP) is 2.29. The van der Waals surface area contributed by atoms with E-state index in [9.17, 15) is 4.39 Å². The van der Waals surface area contributed by atoms with Gasteiger partial charge in [0.25, 0.3) is 0 Å². The average Bonchev–Trinajstić information content (AvgIpc) is 2.60. The number of rotatable bonds is 3. The third kappa shape index (κ3) is 2.57. The molecule has 0 bridgehead atoms. The quantitative estimate of drug-likeness (QED) is 0.731. The highest BCUT2D eigenvalue weighted by Crippen LogP contribution is 2.37. The van der Waals surface area contributed by atoms with Crippen LogP contribution in [0.25, 0.3) is 0 Å². The second-order valence-corrected chi connectivity index (χ2v) is 5.66. The van der Waals surface area contributed by atoms with Crippen LogP contribution in [0.5, 0.6) is 0 Å². The Morgan fingerprint density at radius 1 is 1.19 bits per heavy atom. The molecule has 0 saturated carbocycles. The lowest BCUT2D eigenvalue weighted by Crippen LogP contribution is -2.50. The number of alkyl halides is 1. The molecule has 0 amide bonds. The molecule has 0 radical (unpaired) electrons. The Labute approximate surface area is 98.8 Å². The van der Waals surface area contributed by atoms with Gasteiger partial charge in [0.1, 0.15) is 0 Å². The topological polar surface area (TPSA) is 6.48 Å². The molecule has 2 nitrogen and oxygen atoms in total. The third-order valence-electron chi connectivity index (χ3n) is 4.58. The summed E-state index contributed by atoms with van der Waals surface area (Å²) in [6.45, 7) is 6.20. The molecule has 0 aromatic heterocycles. The van der Waals surface area contributed by atoms with Crippen LogP contribution in [0, 0.1) is 0 Å². The molecule has 1 spiro atoms. The Balaban J connectivity index is 1.78. The number of likely N-dealkylation sites (tertiary alicyclic amines) is 2. The second kappa shape index (κ2) is 5.01. The van der Waals surface area contributed by atoms with Gasteiger partial charge in [-0.05, 0) is 65.7 Å². The molecule has 94 valence electrons. The van der Waals surface area contributed by atoms with E-state index in [0.717, 1.165) is 19.6 Å². The lowest BCUT2D eigenvalue weighted by molar-refractivity contribution is 0.0673. The van der Waals surface area contributed by atoms with Crippen molar-refractivity contribution in [2.24, 2.45) is 0 Å². The molecule has 2 rings (SSSR count).